The number of ether oxygens (including phenoxy) is 3. The first-order valence-corrected chi connectivity index (χ1v) is 10.2. The van der Waals surface area contributed by atoms with E-state index in [1.54, 1.807) is 0 Å². The molecule has 0 bridgehead atoms. The lowest BCUT2D eigenvalue weighted by atomic mass is 10.00. The second-order valence-electron chi connectivity index (χ2n) is 7.38. The van der Waals surface area contributed by atoms with Crippen LogP contribution in [0.4, 0.5) is 0 Å². The van der Waals surface area contributed by atoms with Crippen molar-refractivity contribution in [2.45, 2.75) is 115 Å². The predicted molar refractivity (Wildman–Crippen MR) is 94.9 cm³/mol. The first-order valence-electron chi connectivity index (χ1n) is 10.2. The second-order valence-corrected chi connectivity index (χ2v) is 7.38. The van der Waals surface area contributed by atoms with Crippen LogP contribution in [0, 0.1) is 0 Å². The molecule has 0 aromatic heterocycles. The van der Waals surface area contributed by atoms with E-state index in [2.05, 4.69) is 13.8 Å². The molecule has 2 saturated heterocycles. The predicted octanol–water partition coefficient (Wildman–Crippen LogP) is 5.26. The SMILES string of the molecule is CCCC(CCCC1CCO1)OC(CCC)CCCC1CCO1. The van der Waals surface area contributed by atoms with E-state index in [-0.39, 0.29) is 0 Å². The fourth-order valence-electron chi connectivity index (χ4n) is 3.65. The fourth-order valence-corrected chi connectivity index (χ4v) is 3.65. The van der Waals surface area contributed by atoms with Crippen LogP contribution >= 0.6 is 0 Å². The maximum absolute atomic E-state index is 6.52. The van der Waals surface area contributed by atoms with Gasteiger partial charge in [-0.05, 0) is 64.2 Å². The van der Waals surface area contributed by atoms with Crippen LogP contribution in [-0.4, -0.2) is 37.6 Å². The topological polar surface area (TPSA) is 27.7 Å². The highest BCUT2D eigenvalue weighted by Crippen LogP contribution is 2.24. The van der Waals surface area contributed by atoms with Gasteiger partial charge in [-0.15, -0.1) is 0 Å². The Bertz CT molecular complexity index is 259. The summed E-state index contributed by atoms with van der Waals surface area (Å²) in [7, 11) is 0. The molecule has 3 heteroatoms. The molecule has 0 saturated carbocycles. The second kappa shape index (κ2) is 11.4. The van der Waals surface area contributed by atoms with Crippen molar-refractivity contribution in [3.05, 3.63) is 0 Å². The summed E-state index contributed by atoms with van der Waals surface area (Å²) in [5.74, 6) is 0. The van der Waals surface area contributed by atoms with Gasteiger partial charge in [-0.25, -0.2) is 0 Å². The van der Waals surface area contributed by atoms with Crippen molar-refractivity contribution >= 4 is 0 Å². The molecule has 0 spiro atoms. The lowest BCUT2D eigenvalue weighted by Crippen LogP contribution is -2.28. The van der Waals surface area contributed by atoms with E-state index in [1.165, 1.54) is 77.0 Å². The van der Waals surface area contributed by atoms with Crippen LogP contribution in [-0.2, 0) is 14.2 Å². The summed E-state index contributed by atoms with van der Waals surface area (Å²) in [5, 5.41) is 0. The van der Waals surface area contributed by atoms with Gasteiger partial charge in [-0.1, -0.05) is 26.7 Å². The summed E-state index contributed by atoms with van der Waals surface area (Å²) in [6.07, 6.45) is 16.8. The fraction of sp³-hybridized carbons (Fsp3) is 1.00. The van der Waals surface area contributed by atoms with E-state index < -0.39 is 0 Å². The summed E-state index contributed by atoms with van der Waals surface area (Å²) in [6.45, 7) is 6.49. The van der Waals surface area contributed by atoms with Crippen LogP contribution in [0.2, 0.25) is 0 Å². The van der Waals surface area contributed by atoms with Gasteiger partial charge < -0.3 is 14.2 Å². The van der Waals surface area contributed by atoms with Crippen molar-refractivity contribution < 1.29 is 14.2 Å². The molecule has 2 aliphatic heterocycles. The van der Waals surface area contributed by atoms with Crippen molar-refractivity contribution in [1.29, 1.82) is 0 Å². The van der Waals surface area contributed by atoms with E-state index in [0.717, 1.165) is 13.2 Å². The maximum atomic E-state index is 6.52. The zero-order valence-electron chi connectivity index (χ0n) is 15.4. The van der Waals surface area contributed by atoms with Gasteiger partial charge in [0.2, 0.25) is 0 Å². The quantitative estimate of drug-likeness (QED) is 0.436. The third kappa shape index (κ3) is 7.53. The Balaban J connectivity index is 1.63. The molecule has 136 valence electrons. The first-order chi connectivity index (χ1) is 11.3. The Hall–Kier alpha value is -0.120. The van der Waals surface area contributed by atoms with Gasteiger partial charge in [0, 0.05) is 13.2 Å². The summed E-state index contributed by atoms with van der Waals surface area (Å²) in [5.41, 5.74) is 0. The van der Waals surface area contributed by atoms with Crippen molar-refractivity contribution in [2.24, 2.45) is 0 Å². The van der Waals surface area contributed by atoms with E-state index in [0.29, 0.717) is 24.4 Å². The third-order valence-electron chi connectivity index (χ3n) is 5.30. The molecule has 2 aliphatic rings. The molecular formula is C20H38O3. The molecule has 0 radical (unpaired) electrons. The minimum Gasteiger partial charge on any atom is -0.378 e. The van der Waals surface area contributed by atoms with Gasteiger partial charge in [-0.3, -0.25) is 0 Å². The third-order valence-corrected chi connectivity index (χ3v) is 5.30. The van der Waals surface area contributed by atoms with Gasteiger partial charge in [0.15, 0.2) is 0 Å². The van der Waals surface area contributed by atoms with Gasteiger partial charge in [-0.2, -0.15) is 0 Å². The molecule has 0 aromatic rings. The highest BCUT2D eigenvalue weighted by molar-refractivity contribution is 4.71. The van der Waals surface area contributed by atoms with Crippen LogP contribution in [0.15, 0.2) is 0 Å². The molecule has 0 aromatic carbocycles. The van der Waals surface area contributed by atoms with Crippen molar-refractivity contribution in [3.63, 3.8) is 0 Å². The molecule has 4 atom stereocenters. The average Bonchev–Trinajstić information content (AvgIpc) is 2.44. The molecule has 23 heavy (non-hydrogen) atoms. The zero-order chi connectivity index (χ0) is 16.3. The Morgan fingerprint density at radius 2 is 1.22 bits per heavy atom. The lowest BCUT2D eigenvalue weighted by molar-refractivity contribution is -0.0666. The van der Waals surface area contributed by atoms with E-state index in [9.17, 15) is 0 Å². The molecule has 2 rings (SSSR count). The molecular weight excluding hydrogens is 288 g/mol. The van der Waals surface area contributed by atoms with Crippen LogP contribution in [0.25, 0.3) is 0 Å². The summed E-state index contributed by atoms with van der Waals surface area (Å²) in [6, 6.07) is 0. The van der Waals surface area contributed by atoms with Crippen LogP contribution in [0.5, 0.6) is 0 Å². The van der Waals surface area contributed by atoms with Crippen molar-refractivity contribution in [3.8, 4) is 0 Å². The molecule has 2 heterocycles. The highest BCUT2D eigenvalue weighted by Gasteiger charge is 2.21. The molecule has 0 amide bonds. The smallest absolute Gasteiger partial charge is 0.0597 e. The first kappa shape index (κ1) is 19.2. The summed E-state index contributed by atoms with van der Waals surface area (Å²) >= 11 is 0. The average molecular weight is 327 g/mol. The Kier molecular flexibility index (Phi) is 9.55. The minimum atomic E-state index is 0.455. The zero-order valence-corrected chi connectivity index (χ0v) is 15.4. The van der Waals surface area contributed by atoms with Gasteiger partial charge >= 0.3 is 0 Å². The van der Waals surface area contributed by atoms with E-state index >= 15 is 0 Å². The van der Waals surface area contributed by atoms with Gasteiger partial charge in [0.1, 0.15) is 0 Å². The van der Waals surface area contributed by atoms with E-state index in [1.807, 2.05) is 0 Å². The van der Waals surface area contributed by atoms with Crippen LogP contribution in [0.3, 0.4) is 0 Å². The molecule has 0 aliphatic carbocycles. The molecule has 0 N–H and O–H groups in total. The minimum absolute atomic E-state index is 0.455. The monoisotopic (exact) mass is 326 g/mol. The standard InChI is InChI=1S/C20H38O3/c1-3-7-19(11-5-9-17-13-15-21-17)23-20(8-4-2)12-6-10-18-14-16-22-18/h17-20H,3-16H2,1-2H3. The highest BCUT2D eigenvalue weighted by atomic mass is 16.5. The Morgan fingerprint density at radius 1 is 0.783 bits per heavy atom. The molecule has 3 nitrogen and oxygen atoms in total. The molecule has 2 fully saturated rings. The lowest BCUT2D eigenvalue weighted by Gasteiger charge is -2.29. The van der Waals surface area contributed by atoms with E-state index in [4.69, 9.17) is 14.2 Å². The van der Waals surface area contributed by atoms with Gasteiger partial charge in [0.25, 0.3) is 0 Å². The number of hydrogen-bond donors (Lipinski definition) is 0. The number of hydrogen-bond acceptors (Lipinski definition) is 3. The van der Waals surface area contributed by atoms with Crippen LogP contribution in [0.1, 0.15) is 90.9 Å². The Labute approximate surface area is 143 Å². The summed E-state index contributed by atoms with van der Waals surface area (Å²) in [4.78, 5) is 0. The van der Waals surface area contributed by atoms with Gasteiger partial charge in [0.05, 0.1) is 24.4 Å². The van der Waals surface area contributed by atoms with Crippen LogP contribution < -0.4 is 0 Å². The number of rotatable bonds is 14. The normalized spacial score (nSPS) is 26.3. The summed E-state index contributed by atoms with van der Waals surface area (Å²) < 4.78 is 17.6. The molecule has 4 unspecified atom stereocenters. The van der Waals surface area contributed by atoms with Crippen molar-refractivity contribution in [1.82, 2.24) is 0 Å². The maximum Gasteiger partial charge on any atom is 0.0597 e. The largest absolute Gasteiger partial charge is 0.378 e. The van der Waals surface area contributed by atoms with Crippen molar-refractivity contribution in [2.75, 3.05) is 13.2 Å². The Morgan fingerprint density at radius 3 is 1.52 bits per heavy atom.